The lowest BCUT2D eigenvalue weighted by molar-refractivity contribution is 0.0743. The Morgan fingerprint density at radius 1 is 1.42 bits per heavy atom. The van der Waals surface area contributed by atoms with Crippen LogP contribution < -0.4 is 5.56 Å². The summed E-state index contributed by atoms with van der Waals surface area (Å²) in [6.45, 7) is 2.02. The third-order valence-corrected chi connectivity index (χ3v) is 3.99. The molecule has 0 radical (unpaired) electrons. The number of amides is 1. The van der Waals surface area contributed by atoms with Gasteiger partial charge in [0.25, 0.3) is 5.91 Å². The number of nitrogens with one attached hydrogen (secondary N) is 1. The summed E-state index contributed by atoms with van der Waals surface area (Å²) < 4.78 is 0. The zero-order valence-electron chi connectivity index (χ0n) is 10.9. The van der Waals surface area contributed by atoms with Crippen LogP contribution in [0, 0.1) is 0 Å². The van der Waals surface area contributed by atoms with Crippen LogP contribution in [0.5, 0.6) is 0 Å². The Labute approximate surface area is 115 Å². The third-order valence-electron chi connectivity index (χ3n) is 3.09. The Balaban J connectivity index is 2.06. The molecule has 19 heavy (non-hydrogen) atoms. The van der Waals surface area contributed by atoms with E-state index >= 15 is 0 Å². The zero-order valence-corrected chi connectivity index (χ0v) is 11.7. The molecule has 100 valence electrons. The van der Waals surface area contributed by atoms with Crippen LogP contribution in [0.1, 0.15) is 22.2 Å². The minimum absolute atomic E-state index is 0.0830. The number of hydrogen-bond donors (Lipinski definition) is 1. The highest BCUT2D eigenvalue weighted by molar-refractivity contribution is 7.09. The lowest BCUT2D eigenvalue weighted by Gasteiger charge is -2.24. The molecular weight excluding hydrogens is 260 g/mol. The Hall–Kier alpha value is -1.88. The summed E-state index contributed by atoms with van der Waals surface area (Å²) in [5.41, 5.74) is 0.297. The fraction of sp³-hybridized carbons (Fsp3) is 0.286. The topological polar surface area (TPSA) is 53.2 Å². The van der Waals surface area contributed by atoms with E-state index in [0.29, 0.717) is 5.56 Å². The van der Waals surface area contributed by atoms with Gasteiger partial charge in [-0.3, -0.25) is 9.59 Å². The van der Waals surface area contributed by atoms with E-state index in [-0.39, 0.29) is 17.5 Å². The standard InChI is InChI=1S/C14H16N2O2S/c1-10(8-12-4-3-7-19-12)16(2)14(18)11-5-6-13(17)15-9-11/h3-7,9-10H,8H2,1-2H3,(H,15,17). The molecule has 4 nitrogen and oxygen atoms in total. The number of nitrogens with zero attached hydrogens (tertiary/aromatic N) is 1. The van der Waals surface area contributed by atoms with Gasteiger partial charge in [0.1, 0.15) is 0 Å². The van der Waals surface area contributed by atoms with Gasteiger partial charge in [0.05, 0.1) is 5.56 Å². The quantitative estimate of drug-likeness (QED) is 0.930. The van der Waals surface area contributed by atoms with E-state index < -0.39 is 0 Å². The number of H-pyrrole nitrogens is 1. The molecule has 1 amide bonds. The highest BCUT2D eigenvalue weighted by Gasteiger charge is 2.18. The molecule has 5 heteroatoms. The number of hydrogen-bond acceptors (Lipinski definition) is 3. The Morgan fingerprint density at radius 3 is 2.79 bits per heavy atom. The average molecular weight is 276 g/mol. The van der Waals surface area contributed by atoms with Crippen LogP contribution in [0.15, 0.2) is 40.6 Å². The van der Waals surface area contributed by atoms with Gasteiger partial charge in [-0.1, -0.05) is 6.07 Å². The first-order valence-corrected chi connectivity index (χ1v) is 6.94. The maximum absolute atomic E-state index is 12.2. The van der Waals surface area contributed by atoms with E-state index in [1.807, 2.05) is 18.4 Å². The average Bonchev–Trinajstić information content (AvgIpc) is 2.90. The molecule has 0 fully saturated rings. The van der Waals surface area contributed by atoms with Crippen LogP contribution in [0.3, 0.4) is 0 Å². The second-order valence-corrected chi connectivity index (χ2v) is 5.52. The van der Waals surface area contributed by atoms with E-state index in [1.54, 1.807) is 29.4 Å². The maximum Gasteiger partial charge on any atom is 0.255 e. The molecule has 0 saturated heterocycles. The summed E-state index contributed by atoms with van der Waals surface area (Å²) in [6.07, 6.45) is 2.29. The first-order valence-electron chi connectivity index (χ1n) is 6.06. The monoisotopic (exact) mass is 276 g/mol. The molecule has 2 heterocycles. The van der Waals surface area contributed by atoms with Crippen molar-refractivity contribution >= 4 is 17.2 Å². The summed E-state index contributed by atoms with van der Waals surface area (Å²) in [4.78, 5) is 28.7. The van der Waals surface area contributed by atoms with Gasteiger partial charge in [-0.15, -0.1) is 11.3 Å². The predicted octanol–water partition coefficient (Wildman–Crippen LogP) is 2.14. The van der Waals surface area contributed by atoms with Crippen molar-refractivity contribution in [2.75, 3.05) is 7.05 Å². The number of thiophene rings is 1. The first-order chi connectivity index (χ1) is 9.08. The van der Waals surface area contributed by atoms with Gasteiger partial charge in [-0.25, -0.2) is 0 Å². The molecule has 0 aliphatic carbocycles. The predicted molar refractivity (Wildman–Crippen MR) is 76.6 cm³/mol. The fourth-order valence-electron chi connectivity index (χ4n) is 1.80. The summed E-state index contributed by atoms with van der Waals surface area (Å²) in [5.74, 6) is -0.0830. The number of carbonyl (C=O) groups is 1. The molecule has 1 unspecified atom stereocenters. The second kappa shape index (κ2) is 5.84. The van der Waals surface area contributed by atoms with Crippen molar-refractivity contribution in [2.45, 2.75) is 19.4 Å². The minimum atomic E-state index is -0.203. The smallest absolute Gasteiger partial charge is 0.255 e. The van der Waals surface area contributed by atoms with Gasteiger partial charge in [-0.05, 0) is 24.4 Å². The molecule has 0 aliphatic heterocycles. The van der Waals surface area contributed by atoms with Crippen LogP contribution in [-0.4, -0.2) is 28.9 Å². The maximum atomic E-state index is 12.2. The minimum Gasteiger partial charge on any atom is -0.339 e. The number of aromatic amines is 1. The summed E-state index contributed by atoms with van der Waals surface area (Å²) >= 11 is 1.69. The van der Waals surface area contributed by atoms with Crippen LogP contribution in [-0.2, 0) is 6.42 Å². The van der Waals surface area contributed by atoms with Gasteiger partial charge in [0, 0.05) is 36.7 Å². The van der Waals surface area contributed by atoms with Crippen molar-refractivity contribution in [1.82, 2.24) is 9.88 Å². The lowest BCUT2D eigenvalue weighted by atomic mass is 10.1. The highest BCUT2D eigenvalue weighted by Crippen LogP contribution is 2.14. The zero-order chi connectivity index (χ0) is 13.8. The lowest BCUT2D eigenvalue weighted by Crippen LogP contribution is -2.36. The molecule has 0 aliphatic rings. The van der Waals surface area contributed by atoms with Gasteiger partial charge in [0.2, 0.25) is 5.56 Å². The first kappa shape index (κ1) is 13.5. The molecular formula is C14H16N2O2S. The normalized spacial score (nSPS) is 12.1. The van der Waals surface area contributed by atoms with E-state index in [9.17, 15) is 9.59 Å². The Bertz CT molecular complexity index is 584. The molecule has 2 aromatic heterocycles. The van der Waals surface area contributed by atoms with Crippen LogP contribution in [0.2, 0.25) is 0 Å². The molecule has 0 spiro atoms. The van der Waals surface area contributed by atoms with Crippen LogP contribution in [0.25, 0.3) is 0 Å². The number of aromatic nitrogens is 1. The number of likely N-dealkylation sites (N-methyl/N-ethyl adjacent to an activating group) is 1. The van der Waals surface area contributed by atoms with Crippen molar-refractivity contribution < 1.29 is 4.79 Å². The number of rotatable bonds is 4. The third kappa shape index (κ3) is 3.32. The molecule has 0 aromatic carbocycles. The van der Waals surface area contributed by atoms with Gasteiger partial charge in [-0.2, -0.15) is 0 Å². The van der Waals surface area contributed by atoms with Gasteiger partial charge in [0.15, 0.2) is 0 Å². The molecule has 2 rings (SSSR count). The SMILES string of the molecule is CC(Cc1cccs1)N(C)C(=O)c1ccc(=O)[nH]c1. The van der Waals surface area contributed by atoms with Gasteiger partial charge < -0.3 is 9.88 Å². The summed E-state index contributed by atoms with van der Waals surface area (Å²) in [5, 5.41) is 2.03. The van der Waals surface area contributed by atoms with E-state index in [4.69, 9.17) is 0 Å². The van der Waals surface area contributed by atoms with Gasteiger partial charge >= 0.3 is 0 Å². The number of carbonyl (C=O) groups excluding carboxylic acids is 1. The highest BCUT2D eigenvalue weighted by atomic mass is 32.1. The Kier molecular flexibility index (Phi) is 4.16. The van der Waals surface area contributed by atoms with E-state index in [1.165, 1.54) is 17.1 Å². The number of pyridine rings is 1. The van der Waals surface area contributed by atoms with Crippen molar-refractivity contribution in [3.63, 3.8) is 0 Å². The molecule has 1 N–H and O–H groups in total. The summed E-state index contributed by atoms with van der Waals surface area (Å²) in [6, 6.07) is 7.11. The van der Waals surface area contributed by atoms with E-state index in [2.05, 4.69) is 11.1 Å². The van der Waals surface area contributed by atoms with Crippen molar-refractivity contribution in [1.29, 1.82) is 0 Å². The Morgan fingerprint density at radius 2 is 2.21 bits per heavy atom. The van der Waals surface area contributed by atoms with Crippen molar-refractivity contribution in [3.05, 3.63) is 56.6 Å². The molecule has 1 atom stereocenters. The summed E-state index contributed by atoms with van der Waals surface area (Å²) in [7, 11) is 1.78. The molecule has 0 bridgehead atoms. The largest absolute Gasteiger partial charge is 0.339 e. The fourth-order valence-corrected chi connectivity index (χ4v) is 2.63. The van der Waals surface area contributed by atoms with Crippen molar-refractivity contribution in [3.8, 4) is 0 Å². The van der Waals surface area contributed by atoms with Crippen molar-refractivity contribution in [2.24, 2.45) is 0 Å². The van der Waals surface area contributed by atoms with Crippen LogP contribution in [0.4, 0.5) is 0 Å². The second-order valence-electron chi connectivity index (χ2n) is 4.49. The molecule has 0 saturated carbocycles. The van der Waals surface area contributed by atoms with E-state index in [0.717, 1.165) is 6.42 Å². The van der Waals surface area contributed by atoms with Crippen LogP contribution >= 0.6 is 11.3 Å². The molecule has 2 aromatic rings.